The van der Waals surface area contributed by atoms with Gasteiger partial charge in [-0.3, -0.25) is 14.6 Å². The molecule has 373 valence electrons. The second-order valence-electron chi connectivity index (χ2n) is 17.0. The van der Waals surface area contributed by atoms with Crippen molar-refractivity contribution in [2.75, 3.05) is 75.0 Å². The van der Waals surface area contributed by atoms with Crippen LogP contribution in [0.5, 0.6) is 11.5 Å². The van der Waals surface area contributed by atoms with Crippen molar-refractivity contribution in [2.45, 2.75) is 56.2 Å². The van der Waals surface area contributed by atoms with Gasteiger partial charge < -0.3 is 61.4 Å². The van der Waals surface area contributed by atoms with Gasteiger partial charge >= 0.3 is 7.12 Å². The Morgan fingerprint density at radius 3 is 1.72 bits per heavy atom. The van der Waals surface area contributed by atoms with Gasteiger partial charge in [-0.25, -0.2) is 31.8 Å². The molecule has 4 aromatic heterocycles. The first-order valence-corrected chi connectivity index (χ1v) is 26.5. The maximum atomic E-state index is 12.7. The van der Waals surface area contributed by atoms with Crippen molar-refractivity contribution in [1.82, 2.24) is 40.3 Å². The quantitative estimate of drug-likeness (QED) is 0.0790. The molecule has 2 atom stereocenters. The first-order valence-electron chi connectivity index (χ1n) is 21.1. The molecule has 2 aromatic carbocycles. The summed E-state index contributed by atoms with van der Waals surface area (Å²) in [5.74, 6) is 2.45. The summed E-state index contributed by atoms with van der Waals surface area (Å²) in [4.78, 5) is 22.2. The molecule has 4 aliphatic heterocycles. The summed E-state index contributed by atoms with van der Waals surface area (Å²) in [5.41, 5.74) is 3.59. The second-order valence-corrected chi connectivity index (χ2v) is 23.7. The topological polar surface area (TPSA) is 261 Å². The molecule has 1 radical (unpaired) electrons. The van der Waals surface area contributed by atoms with Gasteiger partial charge in [0.25, 0.3) is 0 Å². The van der Waals surface area contributed by atoms with E-state index in [1.807, 2.05) is 35.6 Å². The second kappa shape index (κ2) is 22.9. The molecule has 20 nitrogen and oxygen atoms in total. The summed E-state index contributed by atoms with van der Waals surface area (Å²) in [6.07, 6.45) is 5.70. The number of nitrogens with one attached hydrogen (secondary N) is 2. The van der Waals surface area contributed by atoms with E-state index in [9.17, 15) is 16.8 Å². The zero-order valence-electron chi connectivity index (χ0n) is 38.8. The Kier molecular flexibility index (Phi) is 18.7. The number of H-pyrrole nitrogens is 2. The Morgan fingerprint density at radius 1 is 0.754 bits per heavy atom. The van der Waals surface area contributed by atoms with Gasteiger partial charge in [0.1, 0.15) is 34.1 Å². The predicted octanol–water partition coefficient (Wildman–Crippen LogP) is 4.17. The number of anilines is 2. The predicted molar refractivity (Wildman–Crippen MR) is 272 cm³/mol. The van der Waals surface area contributed by atoms with Crippen molar-refractivity contribution < 1.29 is 64.4 Å². The van der Waals surface area contributed by atoms with Crippen molar-refractivity contribution >= 4 is 112 Å². The van der Waals surface area contributed by atoms with E-state index in [-0.39, 0.29) is 48.3 Å². The number of benzene rings is 2. The Labute approximate surface area is 437 Å². The molecular formula is C42H53BCl2IN10O10S2V-. The van der Waals surface area contributed by atoms with Crippen LogP contribution in [0.1, 0.15) is 46.0 Å². The molecule has 0 bridgehead atoms. The first-order chi connectivity index (χ1) is 31.7. The van der Waals surface area contributed by atoms with Crippen LogP contribution in [-0.2, 0) is 57.2 Å². The van der Waals surface area contributed by atoms with Crippen molar-refractivity contribution in [3.05, 3.63) is 69.9 Å². The minimum absolute atomic E-state index is 0. The Hall–Kier alpha value is -3.56. The summed E-state index contributed by atoms with van der Waals surface area (Å²) in [6, 6.07) is 11.1. The summed E-state index contributed by atoms with van der Waals surface area (Å²) < 4.78 is 72.0. The third kappa shape index (κ3) is 11.7. The normalized spacial score (nSPS) is 17.4. The number of halogens is 3. The van der Waals surface area contributed by atoms with Crippen LogP contribution in [0.15, 0.2) is 48.8 Å². The molecule has 0 amide bonds. The zero-order chi connectivity index (χ0) is 48.5. The zero-order valence-corrected chi connectivity index (χ0v) is 45.5. The van der Waals surface area contributed by atoms with Gasteiger partial charge in [-0.15, -0.1) is 12.4 Å². The molecule has 8 heterocycles. The molecule has 4 N–H and O–H groups in total. The molecule has 4 aliphatic rings. The molecule has 27 heteroatoms. The summed E-state index contributed by atoms with van der Waals surface area (Å²) in [7, 11) is -8.33. The maximum absolute atomic E-state index is 12.7. The van der Waals surface area contributed by atoms with Crippen LogP contribution in [0.2, 0.25) is 5.28 Å². The number of fused-ring (bicyclic) bond motifs is 8. The monoisotopic (exact) mass is 1180 g/mol. The fraction of sp³-hybridized carbons (Fsp3) is 0.452. The average Bonchev–Trinajstić information content (AvgIpc) is 3.99. The van der Waals surface area contributed by atoms with Crippen LogP contribution in [0, 0.1) is 4.43 Å². The van der Waals surface area contributed by atoms with Crippen LogP contribution in [0.25, 0.3) is 33.2 Å². The number of hydrogen-bond donors (Lipinski definition) is 4. The SMILES string of the molecule is CC(C)(c1nc(-c2cccc3[nH]ncc23)nc2c1OC[C@H]1COCCN21)S(C)(=O)=O.CC(C)(c1nc(Cl)nc2c1OC[C@H]1COCCN21)S(C)(=O)=O.C[CH-]I.Cl.OB(O)c1cccc2[nH]ncc12.[V]. The summed E-state index contributed by atoms with van der Waals surface area (Å²) >= 11 is 8.20. The smallest absolute Gasteiger partial charge is 0.486 e. The van der Waals surface area contributed by atoms with E-state index in [0.717, 1.165) is 27.4 Å². The maximum Gasteiger partial charge on any atom is 0.489 e. The van der Waals surface area contributed by atoms with Gasteiger partial charge in [0, 0.05) is 60.5 Å². The minimum atomic E-state index is -3.48. The largest absolute Gasteiger partial charge is 0.489 e. The van der Waals surface area contributed by atoms with E-state index in [0.29, 0.717) is 98.5 Å². The number of nitrogens with zero attached hydrogens (tertiary/aromatic N) is 8. The Balaban J connectivity index is 0.000000200. The molecule has 10 rings (SSSR count). The van der Waals surface area contributed by atoms with Crippen molar-refractivity contribution in [3.8, 4) is 22.9 Å². The molecule has 0 unspecified atom stereocenters. The number of ether oxygens (including phenoxy) is 4. The fourth-order valence-corrected chi connectivity index (χ4v) is 8.82. The van der Waals surface area contributed by atoms with Crippen LogP contribution in [-0.4, -0.2) is 152 Å². The van der Waals surface area contributed by atoms with Crippen LogP contribution >= 0.6 is 46.6 Å². The van der Waals surface area contributed by atoms with Gasteiger partial charge in [0.05, 0.1) is 61.9 Å². The van der Waals surface area contributed by atoms with Crippen molar-refractivity contribution in [2.24, 2.45) is 0 Å². The van der Waals surface area contributed by atoms with Crippen molar-refractivity contribution in [1.29, 1.82) is 0 Å². The molecule has 0 spiro atoms. The average molecular weight is 1180 g/mol. The molecule has 0 aliphatic carbocycles. The molecule has 2 saturated heterocycles. The molecule has 0 saturated carbocycles. The molecule has 69 heavy (non-hydrogen) atoms. The van der Waals surface area contributed by atoms with Gasteiger partial charge in [-0.05, 0) is 56.9 Å². The van der Waals surface area contributed by atoms with E-state index in [4.69, 9.17) is 50.6 Å². The minimum Gasteiger partial charge on any atom is -0.486 e. The van der Waals surface area contributed by atoms with E-state index in [1.165, 1.54) is 12.5 Å². The Morgan fingerprint density at radius 2 is 1.22 bits per heavy atom. The standard InChI is InChI=1S/C20H23N5O4S.C13H18ClN3O4S.C7H7BN2O2.C2H4I.ClH.V/c1-20(2,30(3,26)27)17-16-19(25-7-8-28-10-12(25)11-29-16)23-18(22-17)13-5-4-6-15-14(13)9-21-24-15;1-13(2,22(3,18)19)10-9-11(16-12(14)15-10)17-4-5-20-6-8(17)7-21-9;11-8(12)6-2-1-3-7-5(6)4-9-10-7;1-2-3;;/h4-6,9,12H,7-8,10-11H2,1-3H3,(H,21,24);8H,4-7H2,1-3H3;1-4,11-12H,(H,9,10);2H,1H3;1H;/q;;;-1;;/t12-;8-;;;;/m11..../s1. The van der Waals surface area contributed by atoms with E-state index >= 15 is 0 Å². The van der Waals surface area contributed by atoms with Gasteiger partial charge in [0.2, 0.25) is 5.28 Å². The number of sulfone groups is 2. The Bertz CT molecular complexity index is 2970. The van der Waals surface area contributed by atoms with E-state index in [2.05, 4.69) is 62.8 Å². The number of aromatic amines is 2. The van der Waals surface area contributed by atoms with Crippen molar-refractivity contribution in [3.63, 3.8) is 0 Å². The van der Waals surface area contributed by atoms with Gasteiger partial charge in [0.15, 0.2) is 48.6 Å². The fourth-order valence-electron chi connectivity index (χ4n) is 7.68. The number of hydrogen-bond acceptors (Lipinski definition) is 18. The van der Waals surface area contributed by atoms with Crippen LogP contribution in [0.4, 0.5) is 11.6 Å². The van der Waals surface area contributed by atoms with Gasteiger partial charge in [-0.2, -0.15) is 22.1 Å². The molecule has 6 aromatic rings. The summed E-state index contributed by atoms with van der Waals surface area (Å²) in [5, 5.41) is 33.2. The first kappa shape index (κ1) is 56.4. The third-order valence-electron chi connectivity index (χ3n) is 12.0. The molecule has 2 fully saturated rings. The van der Waals surface area contributed by atoms with E-state index in [1.54, 1.807) is 52.2 Å². The number of morpholine rings is 2. The summed E-state index contributed by atoms with van der Waals surface area (Å²) in [6.45, 7) is 12.9. The van der Waals surface area contributed by atoms with Crippen LogP contribution < -0.4 is 24.7 Å². The van der Waals surface area contributed by atoms with Gasteiger partial charge in [-0.1, -0.05) is 24.3 Å². The third-order valence-corrected chi connectivity index (χ3v) is 16.3. The van der Waals surface area contributed by atoms with E-state index < -0.39 is 36.3 Å². The number of rotatable bonds is 6. The van der Waals surface area contributed by atoms with Crippen LogP contribution in [0.3, 0.4) is 0 Å². The number of aromatic nitrogens is 8. The molecular weight excluding hydrogens is 1130 g/mol.